The Bertz CT molecular complexity index is 988. The van der Waals surface area contributed by atoms with Gasteiger partial charge in [0.15, 0.2) is 0 Å². The molecule has 0 aliphatic rings. The van der Waals surface area contributed by atoms with E-state index < -0.39 is 0 Å². The van der Waals surface area contributed by atoms with Gasteiger partial charge in [-0.25, -0.2) is 0 Å². The molecule has 0 aliphatic carbocycles. The highest BCUT2D eigenvalue weighted by atomic mass is 32.2. The predicted molar refractivity (Wildman–Crippen MR) is 98.9 cm³/mol. The number of aliphatic hydroxyl groups is 1. The summed E-state index contributed by atoms with van der Waals surface area (Å²) in [7, 11) is 0. The van der Waals surface area contributed by atoms with Gasteiger partial charge in [-0.3, -0.25) is 0 Å². The summed E-state index contributed by atoms with van der Waals surface area (Å²) in [5.41, 5.74) is 1.37. The van der Waals surface area contributed by atoms with Gasteiger partial charge in [0, 0.05) is 11.0 Å². The Morgan fingerprint density at radius 1 is 0.885 bits per heavy atom. The first-order valence-electron chi connectivity index (χ1n) is 7.82. The highest BCUT2D eigenvalue weighted by Crippen LogP contribution is 2.39. The highest BCUT2D eigenvalue weighted by molar-refractivity contribution is 7.99. The number of hydrogen-bond donors (Lipinski definition) is 1. The number of ether oxygens (including phenoxy) is 1. The summed E-state index contributed by atoms with van der Waals surface area (Å²) in [6.45, 7) is -0.0369. The molecule has 26 heavy (non-hydrogen) atoms. The van der Waals surface area contributed by atoms with Crippen molar-refractivity contribution in [3.05, 3.63) is 83.4 Å². The van der Waals surface area contributed by atoms with Crippen LogP contribution >= 0.6 is 11.8 Å². The van der Waals surface area contributed by atoms with E-state index in [0.29, 0.717) is 17.1 Å². The van der Waals surface area contributed by atoms with Gasteiger partial charge in [0.2, 0.25) is 0 Å². The van der Waals surface area contributed by atoms with Crippen LogP contribution in [0.25, 0.3) is 0 Å². The Morgan fingerprint density at radius 3 is 2.15 bits per heavy atom. The van der Waals surface area contributed by atoms with E-state index in [1.807, 2.05) is 36.4 Å². The maximum Gasteiger partial charge on any atom is 0.142 e. The molecule has 1 N–H and O–H groups in total. The second-order valence-electron chi connectivity index (χ2n) is 5.39. The maximum absolute atomic E-state index is 9.30. The lowest BCUT2D eigenvalue weighted by Crippen LogP contribution is -1.92. The van der Waals surface area contributed by atoms with Gasteiger partial charge in [-0.15, -0.1) is 0 Å². The first kappa shape index (κ1) is 17.6. The Hall–Kier alpha value is -3.25. The molecule has 0 aromatic heterocycles. The molecule has 126 valence electrons. The van der Waals surface area contributed by atoms with E-state index >= 15 is 0 Å². The average molecular weight is 358 g/mol. The second kappa shape index (κ2) is 8.22. The molecular formula is C21H14N2O2S. The van der Waals surface area contributed by atoms with Crippen LogP contribution < -0.4 is 4.74 Å². The third kappa shape index (κ3) is 4.04. The first-order chi connectivity index (χ1) is 12.7. The number of hydrogen-bond acceptors (Lipinski definition) is 5. The molecule has 3 aromatic carbocycles. The van der Waals surface area contributed by atoms with Crippen molar-refractivity contribution in [3.8, 4) is 23.6 Å². The molecule has 0 saturated heterocycles. The predicted octanol–water partition coefficient (Wildman–Crippen LogP) is 4.87. The van der Waals surface area contributed by atoms with Gasteiger partial charge in [-0.05, 0) is 35.9 Å². The normalized spacial score (nSPS) is 9.96. The van der Waals surface area contributed by atoms with Crippen molar-refractivity contribution < 1.29 is 9.84 Å². The molecule has 0 bridgehead atoms. The SMILES string of the molecule is N#Cc1cc(Oc2ccc(CO)cc2)c(Sc2ccccc2)cc1C#N. The van der Waals surface area contributed by atoms with Gasteiger partial charge in [0.05, 0.1) is 22.6 Å². The van der Waals surface area contributed by atoms with E-state index in [4.69, 9.17) is 9.84 Å². The summed E-state index contributed by atoms with van der Waals surface area (Å²) in [5, 5.41) is 27.7. The molecular weight excluding hydrogens is 344 g/mol. The van der Waals surface area contributed by atoms with Crippen molar-refractivity contribution >= 4 is 11.8 Å². The fourth-order valence-corrected chi connectivity index (χ4v) is 3.23. The Labute approximate surface area is 155 Å². The molecule has 4 nitrogen and oxygen atoms in total. The van der Waals surface area contributed by atoms with Gasteiger partial charge >= 0.3 is 0 Å². The minimum Gasteiger partial charge on any atom is -0.456 e. The summed E-state index contributed by atoms with van der Waals surface area (Å²) in [5.74, 6) is 1.09. The van der Waals surface area contributed by atoms with Crippen LogP contribution in [0.5, 0.6) is 11.5 Å². The monoisotopic (exact) mass is 358 g/mol. The lowest BCUT2D eigenvalue weighted by atomic mass is 10.1. The third-order valence-electron chi connectivity index (χ3n) is 3.63. The number of rotatable bonds is 5. The minimum atomic E-state index is -0.0369. The van der Waals surface area contributed by atoms with Crippen molar-refractivity contribution in [1.29, 1.82) is 10.5 Å². The van der Waals surface area contributed by atoms with E-state index in [-0.39, 0.29) is 12.2 Å². The molecule has 0 spiro atoms. The van der Waals surface area contributed by atoms with E-state index in [1.54, 1.807) is 36.4 Å². The van der Waals surface area contributed by atoms with Crippen LogP contribution in [0.1, 0.15) is 16.7 Å². The van der Waals surface area contributed by atoms with Crippen LogP contribution in [0.4, 0.5) is 0 Å². The van der Waals surface area contributed by atoms with Crippen LogP contribution in [-0.4, -0.2) is 5.11 Å². The minimum absolute atomic E-state index is 0.0369. The zero-order valence-corrected chi connectivity index (χ0v) is 14.5. The lowest BCUT2D eigenvalue weighted by molar-refractivity contribution is 0.281. The highest BCUT2D eigenvalue weighted by Gasteiger charge is 2.13. The first-order valence-corrected chi connectivity index (χ1v) is 8.64. The second-order valence-corrected chi connectivity index (χ2v) is 6.50. The molecule has 0 unspecified atom stereocenters. The van der Waals surface area contributed by atoms with Gasteiger partial charge in [0.1, 0.15) is 23.6 Å². The fraction of sp³-hybridized carbons (Fsp3) is 0.0476. The van der Waals surface area contributed by atoms with Crippen LogP contribution in [0.15, 0.2) is 76.5 Å². The van der Waals surface area contributed by atoms with Crippen molar-refractivity contribution in [2.75, 3.05) is 0 Å². The topological polar surface area (TPSA) is 77.0 Å². The molecule has 0 saturated carbocycles. The van der Waals surface area contributed by atoms with E-state index in [9.17, 15) is 10.5 Å². The van der Waals surface area contributed by atoms with Crippen molar-refractivity contribution in [2.24, 2.45) is 0 Å². The average Bonchev–Trinajstić information content (AvgIpc) is 2.70. The molecule has 3 aromatic rings. The van der Waals surface area contributed by atoms with Crippen LogP contribution in [0.3, 0.4) is 0 Å². The molecule has 0 atom stereocenters. The fourth-order valence-electron chi connectivity index (χ4n) is 2.31. The largest absolute Gasteiger partial charge is 0.456 e. The number of nitriles is 2. The van der Waals surface area contributed by atoms with Crippen LogP contribution in [0.2, 0.25) is 0 Å². The van der Waals surface area contributed by atoms with E-state index in [0.717, 1.165) is 15.4 Å². The van der Waals surface area contributed by atoms with Crippen molar-refractivity contribution in [2.45, 2.75) is 16.4 Å². The maximum atomic E-state index is 9.30. The lowest BCUT2D eigenvalue weighted by Gasteiger charge is -2.13. The molecule has 3 rings (SSSR count). The summed E-state index contributed by atoms with van der Waals surface area (Å²) < 4.78 is 5.96. The summed E-state index contributed by atoms with van der Waals surface area (Å²) in [4.78, 5) is 1.75. The van der Waals surface area contributed by atoms with Gasteiger partial charge < -0.3 is 9.84 Å². The zero-order valence-electron chi connectivity index (χ0n) is 13.7. The molecule has 5 heteroatoms. The van der Waals surface area contributed by atoms with Crippen molar-refractivity contribution in [3.63, 3.8) is 0 Å². The summed E-state index contributed by atoms with van der Waals surface area (Å²) in [6, 6.07) is 24.2. The van der Waals surface area contributed by atoms with Crippen LogP contribution in [-0.2, 0) is 6.61 Å². The molecule has 0 amide bonds. The Morgan fingerprint density at radius 2 is 1.54 bits per heavy atom. The molecule has 0 radical (unpaired) electrons. The van der Waals surface area contributed by atoms with Crippen molar-refractivity contribution in [1.82, 2.24) is 0 Å². The molecule has 0 aliphatic heterocycles. The molecule has 0 heterocycles. The quantitative estimate of drug-likeness (QED) is 0.704. The summed E-state index contributed by atoms with van der Waals surface area (Å²) in [6.07, 6.45) is 0. The Kier molecular flexibility index (Phi) is 5.56. The number of aliphatic hydroxyl groups excluding tert-OH is 1. The standard InChI is InChI=1S/C21H14N2O2S/c22-12-16-10-20(25-18-8-6-15(14-24)7-9-18)21(11-17(16)13-23)26-19-4-2-1-3-5-19/h1-11,24H,14H2. The summed E-state index contributed by atoms with van der Waals surface area (Å²) >= 11 is 1.46. The third-order valence-corrected chi connectivity index (χ3v) is 4.68. The Balaban J connectivity index is 2.00. The van der Waals surface area contributed by atoms with Gasteiger partial charge in [0.25, 0.3) is 0 Å². The zero-order chi connectivity index (χ0) is 18.4. The number of benzene rings is 3. The smallest absolute Gasteiger partial charge is 0.142 e. The van der Waals surface area contributed by atoms with Gasteiger partial charge in [-0.2, -0.15) is 10.5 Å². The van der Waals surface area contributed by atoms with E-state index in [1.165, 1.54) is 11.8 Å². The molecule has 0 fully saturated rings. The van der Waals surface area contributed by atoms with Crippen LogP contribution in [0, 0.1) is 22.7 Å². The van der Waals surface area contributed by atoms with E-state index in [2.05, 4.69) is 6.07 Å². The van der Waals surface area contributed by atoms with Gasteiger partial charge in [-0.1, -0.05) is 42.1 Å². The number of nitrogens with zero attached hydrogens (tertiary/aromatic N) is 2.